The standard InChI is InChI=1S/C14H24N4O/c1-14(2)11-17(7-6-16(14)3)8-9-18-10-12(15)4-5-13(18)19/h4-5,10H,6-9,11,15H2,1-3H3. The summed E-state index contributed by atoms with van der Waals surface area (Å²) in [5.41, 5.74) is 6.56. The Morgan fingerprint density at radius 3 is 2.68 bits per heavy atom. The summed E-state index contributed by atoms with van der Waals surface area (Å²) in [6.07, 6.45) is 1.73. The third kappa shape index (κ3) is 3.36. The summed E-state index contributed by atoms with van der Waals surface area (Å²) in [6.45, 7) is 9.25. The van der Waals surface area contributed by atoms with Crippen LogP contribution in [0.25, 0.3) is 0 Å². The number of aromatic nitrogens is 1. The van der Waals surface area contributed by atoms with Crippen LogP contribution in [-0.4, -0.2) is 53.1 Å². The predicted molar refractivity (Wildman–Crippen MR) is 78.3 cm³/mol. The first-order chi connectivity index (χ1) is 8.88. The first kappa shape index (κ1) is 14.1. The Morgan fingerprint density at radius 1 is 1.26 bits per heavy atom. The van der Waals surface area contributed by atoms with Crippen molar-refractivity contribution >= 4 is 5.69 Å². The van der Waals surface area contributed by atoms with Gasteiger partial charge in [-0.05, 0) is 27.0 Å². The van der Waals surface area contributed by atoms with Crippen LogP contribution >= 0.6 is 0 Å². The van der Waals surface area contributed by atoms with Gasteiger partial charge in [-0.2, -0.15) is 0 Å². The van der Waals surface area contributed by atoms with Crippen molar-refractivity contribution in [3.05, 3.63) is 28.7 Å². The van der Waals surface area contributed by atoms with Gasteiger partial charge >= 0.3 is 0 Å². The van der Waals surface area contributed by atoms with Crippen molar-refractivity contribution in [2.24, 2.45) is 0 Å². The van der Waals surface area contributed by atoms with E-state index < -0.39 is 0 Å². The van der Waals surface area contributed by atoms with Gasteiger partial charge in [0.05, 0.1) is 0 Å². The minimum atomic E-state index is 0.0163. The molecular weight excluding hydrogens is 240 g/mol. The van der Waals surface area contributed by atoms with Crippen LogP contribution in [0.1, 0.15) is 13.8 Å². The molecule has 0 aliphatic carbocycles. The number of anilines is 1. The summed E-state index contributed by atoms with van der Waals surface area (Å²) < 4.78 is 1.70. The lowest BCUT2D eigenvalue weighted by Crippen LogP contribution is -2.58. The summed E-state index contributed by atoms with van der Waals surface area (Å²) in [5, 5.41) is 0. The fourth-order valence-electron chi connectivity index (χ4n) is 2.51. The Labute approximate surface area is 114 Å². The van der Waals surface area contributed by atoms with Crippen LogP contribution in [0, 0.1) is 0 Å². The van der Waals surface area contributed by atoms with E-state index in [9.17, 15) is 4.79 Å². The molecule has 2 heterocycles. The molecule has 1 aromatic rings. The average Bonchev–Trinajstić information content (AvgIpc) is 2.34. The molecule has 1 saturated heterocycles. The van der Waals surface area contributed by atoms with Crippen LogP contribution < -0.4 is 11.3 Å². The molecule has 19 heavy (non-hydrogen) atoms. The van der Waals surface area contributed by atoms with Gasteiger partial charge in [0.25, 0.3) is 5.56 Å². The van der Waals surface area contributed by atoms with Crippen LogP contribution in [0.4, 0.5) is 5.69 Å². The lowest BCUT2D eigenvalue weighted by molar-refractivity contribution is 0.0383. The fourth-order valence-corrected chi connectivity index (χ4v) is 2.51. The van der Waals surface area contributed by atoms with Crippen LogP contribution in [0.3, 0.4) is 0 Å². The number of nitrogen functional groups attached to an aromatic ring is 1. The monoisotopic (exact) mass is 264 g/mol. The molecule has 0 bridgehead atoms. The number of pyridine rings is 1. The van der Waals surface area contributed by atoms with Crippen molar-refractivity contribution in [1.82, 2.24) is 14.4 Å². The van der Waals surface area contributed by atoms with E-state index in [0.29, 0.717) is 12.2 Å². The summed E-state index contributed by atoms with van der Waals surface area (Å²) in [6, 6.07) is 3.18. The second kappa shape index (κ2) is 5.35. The normalized spacial score (nSPS) is 20.6. The molecule has 0 amide bonds. The number of hydrogen-bond acceptors (Lipinski definition) is 4. The highest BCUT2D eigenvalue weighted by atomic mass is 16.1. The minimum Gasteiger partial charge on any atom is -0.398 e. The number of nitrogens with zero attached hydrogens (tertiary/aromatic N) is 3. The van der Waals surface area contributed by atoms with E-state index >= 15 is 0 Å². The molecule has 5 heteroatoms. The highest BCUT2D eigenvalue weighted by molar-refractivity contribution is 5.33. The van der Waals surface area contributed by atoms with E-state index in [1.54, 1.807) is 16.8 Å². The minimum absolute atomic E-state index is 0.0163. The van der Waals surface area contributed by atoms with Crippen molar-refractivity contribution < 1.29 is 0 Å². The topological polar surface area (TPSA) is 54.5 Å². The van der Waals surface area contributed by atoms with Gasteiger partial charge in [-0.15, -0.1) is 0 Å². The van der Waals surface area contributed by atoms with Gasteiger partial charge in [0.2, 0.25) is 0 Å². The molecule has 0 spiro atoms. The average molecular weight is 264 g/mol. The molecule has 0 radical (unpaired) electrons. The zero-order valence-electron chi connectivity index (χ0n) is 12.1. The van der Waals surface area contributed by atoms with E-state index in [0.717, 1.165) is 26.2 Å². The molecule has 2 rings (SSSR count). The highest BCUT2D eigenvalue weighted by Crippen LogP contribution is 2.18. The van der Waals surface area contributed by atoms with Gasteiger partial charge in [0.1, 0.15) is 0 Å². The molecular formula is C14H24N4O. The van der Waals surface area contributed by atoms with Crippen LogP contribution in [-0.2, 0) is 6.54 Å². The second-order valence-corrected chi connectivity index (χ2v) is 6.00. The first-order valence-electron chi connectivity index (χ1n) is 6.78. The van der Waals surface area contributed by atoms with Crippen molar-refractivity contribution in [2.75, 3.05) is 39.0 Å². The van der Waals surface area contributed by atoms with E-state index in [1.165, 1.54) is 6.07 Å². The molecule has 1 fully saturated rings. The number of rotatable bonds is 3. The number of hydrogen-bond donors (Lipinski definition) is 1. The lowest BCUT2D eigenvalue weighted by atomic mass is 10.00. The fraction of sp³-hybridized carbons (Fsp3) is 0.643. The number of likely N-dealkylation sites (N-methyl/N-ethyl adjacent to an activating group) is 1. The Hall–Kier alpha value is -1.33. The van der Waals surface area contributed by atoms with Crippen LogP contribution in [0.5, 0.6) is 0 Å². The number of nitrogens with two attached hydrogens (primary N) is 1. The Morgan fingerprint density at radius 2 is 2.00 bits per heavy atom. The maximum absolute atomic E-state index is 11.7. The zero-order valence-corrected chi connectivity index (χ0v) is 12.1. The van der Waals surface area contributed by atoms with E-state index in [-0.39, 0.29) is 11.1 Å². The molecule has 1 aliphatic heterocycles. The van der Waals surface area contributed by atoms with Crippen LogP contribution in [0.15, 0.2) is 23.1 Å². The van der Waals surface area contributed by atoms with Gasteiger partial charge in [-0.1, -0.05) is 0 Å². The first-order valence-corrected chi connectivity index (χ1v) is 6.78. The molecule has 0 aromatic carbocycles. The van der Waals surface area contributed by atoms with Gasteiger partial charge < -0.3 is 10.3 Å². The summed E-state index contributed by atoms with van der Waals surface area (Å²) in [4.78, 5) is 16.5. The van der Waals surface area contributed by atoms with E-state index in [4.69, 9.17) is 5.73 Å². The number of piperazine rings is 1. The van der Waals surface area contributed by atoms with E-state index in [1.807, 2.05) is 0 Å². The van der Waals surface area contributed by atoms with Crippen molar-refractivity contribution in [1.29, 1.82) is 0 Å². The molecule has 0 saturated carbocycles. The molecule has 5 nitrogen and oxygen atoms in total. The summed E-state index contributed by atoms with van der Waals surface area (Å²) in [5.74, 6) is 0. The second-order valence-electron chi connectivity index (χ2n) is 6.00. The SMILES string of the molecule is CN1CCN(CCn2cc(N)ccc2=O)CC1(C)C. The molecule has 0 unspecified atom stereocenters. The highest BCUT2D eigenvalue weighted by Gasteiger charge is 2.30. The van der Waals surface area contributed by atoms with Gasteiger partial charge in [0.15, 0.2) is 0 Å². The molecule has 2 N–H and O–H groups in total. The molecule has 106 valence electrons. The van der Waals surface area contributed by atoms with Gasteiger partial charge in [-0.3, -0.25) is 14.6 Å². The molecule has 0 atom stereocenters. The van der Waals surface area contributed by atoms with Crippen LogP contribution in [0.2, 0.25) is 0 Å². The van der Waals surface area contributed by atoms with Crippen molar-refractivity contribution in [3.63, 3.8) is 0 Å². The Kier molecular flexibility index (Phi) is 3.96. The zero-order chi connectivity index (χ0) is 14.0. The van der Waals surface area contributed by atoms with Crippen molar-refractivity contribution in [3.8, 4) is 0 Å². The third-order valence-corrected chi connectivity index (χ3v) is 4.06. The Bertz CT molecular complexity index is 494. The quantitative estimate of drug-likeness (QED) is 0.861. The maximum Gasteiger partial charge on any atom is 0.250 e. The summed E-state index contributed by atoms with van der Waals surface area (Å²) >= 11 is 0. The van der Waals surface area contributed by atoms with E-state index in [2.05, 4.69) is 30.7 Å². The van der Waals surface area contributed by atoms with Gasteiger partial charge in [0, 0.05) is 56.2 Å². The lowest BCUT2D eigenvalue weighted by Gasteiger charge is -2.45. The smallest absolute Gasteiger partial charge is 0.250 e. The predicted octanol–water partition coefficient (Wildman–Crippen LogP) is 0.457. The third-order valence-electron chi connectivity index (χ3n) is 4.06. The van der Waals surface area contributed by atoms with Crippen molar-refractivity contribution in [2.45, 2.75) is 25.9 Å². The van der Waals surface area contributed by atoms with Gasteiger partial charge in [-0.25, -0.2) is 0 Å². The molecule has 1 aromatic heterocycles. The summed E-state index contributed by atoms with van der Waals surface area (Å²) in [7, 11) is 2.17. The molecule has 1 aliphatic rings. The maximum atomic E-state index is 11.7. The largest absolute Gasteiger partial charge is 0.398 e. The Balaban J connectivity index is 1.96.